The van der Waals surface area contributed by atoms with Crippen LogP contribution in [0.1, 0.15) is 51.0 Å². The normalized spacial score (nSPS) is 21.2. The first kappa shape index (κ1) is 17.6. The van der Waals surface area contributed by atoms with Crippen LogP contribution in [0.3, 0.4) is 0 Å². The Balaban J connectivity index is 1.58. The number of carbonyl (C=O) groups is 1. The Morgan fingerprint density at radius 3 is 2.71 bits per heavy atom. The molecule has 3 rings (SSSR count). The van der Waals surface area contributed by atoms with E-state index in [0.29, 0.717) is 30.2 Å². The first-order valence-electron chi connectivity index (χ1n) is 8.82. The smallest absolute Gasteiger partial charge is 0.160 e. The molecule has 0 unspecified atom stereocenters. The summed E-state index contributed by atoms with van der Waals surface area (Å²) in [6.45, 7) is 6.44. The molecule has 2 fully saturated rings. The van der Waals surface area contributed by atoms with Gasteiger partial charge in [-0.15, -0.1) is 0 Å². The van der Waals surface area contributed by atoms with Crippen LogP contribution in [-0.4, -0.2) is 53.3 Å². The van der Waals surface area contributed by atoms with Crippen molar-refractivity contribution in [2.24, 2.45) is 5.92 Å². The van der Waals surface area contributed by atoms with Crippen LogP contribution in [0.15, 0.2) is 10.6 Å². The number of hydrogen-bond acceptors (Lipinski definition) is 6. The van der Waals surface area contributed by atoms with Crippen molar-refractivity contribution in [3.05, 3.63) is 17.5 Å². The van der Waals surface area contributed by atoms with Crippen LogP contribution in [0.4, 0.5) is 0 Å². The summed E-state index contributed by atoms with van der Waals surface area (Å²) < 4.78 is 10.7. The van der Waals surface area contributed by atoms with E-state index in [-0.39, 0.29) is 12.2 Å². The van der Waals surface area contributed by atoms with Crippen LogP contribution in [0.25, 0.3) is 0 Å². The summed E-state index contributed by atoms with van der Waals surface area (Å²) in [5.41, 5.74) is -0.833. The number of Topliss-reactive ketones (excluding diaryl/α,β-unsaturated/α-hetero) is 1. The number of aliphatic hydroxyl groups is 1. The summed E-state index contributed by atoms with van der Waals surface area (Å²) in [7, 11) is 2.01. The Morgan fingerprint density at radius 2 is 2.08 bits per heavy atom. The van der Waals surface area contributed by atoms with E-state index in [1.165, 1.54) is 0 Å². The molecule has 0 amide bonds. The third-order valence-electron chi connectivity index (χ3n) is 5.60. The van der Waals surface area contributed by atoms with Gasteiger partial charge in [0.05, 0.1) is 12.0 Å². The topological polar surface area (TPSA) is 75.8 Å². The van der Waals surface area contributed by atoms with E-state index in [1.54, 1.807) is 6.07 Å². The molecule has 1 saturated heterocycles. The number of carbonyl (C=O) groups excluding carboxylic acids is 1. The Hall–Kier alpha value is -1.24. The van der Waals surface area contributed by atoms with Crippen molar-refractivity contribution in [3.63, 3.8) is 0 Å². The third-order valence-corrected chi connectivity index (χ3v) is 5.60. The monoisotopic (exact) mass is 336 g/mol. The minimum Gasteiger partial charge on any atom is -0.383 e. The zero-order chi connectivity index (χ0) is 17.4. The van der Waals surface area contributed by atoms with Gasteiger partial charge in [0.25, 0.3) is 0 Å². The highest BCUT2D eigenvalue weighted by Crippen LogP contribution is 2.44. The van der Waals surface area contributed by atoms with E-state index >= 15 is 0 Å². The van der Waals surface area contributed by atoms with Crippen molar-refractivity contribution in [2.75, 3.05) is 26.8 Å². The highest BCUT2D eigenvalue weighted by Gasteiger charge is 2.45. The van der Waals surface area contributed by atoms with Crippen molar-refractivity contribution in [3.8, 4) is 0 Å². The number of hydrogen-bond donors (Lipinski definition) is 1. The van der Waals surface area contributed by atoms with Crippen molar-refractivity contribution >= 4 is 5.78 Å². The maximum atomic E-state index is 12.8. The van der Waals surface area contributed by atoms with Gasteiger partial charge in [-0.25, -0.2) is 0 Å². The molecule has 134 valence electrons. The zero-order valence-electron chi connectivity index (χ0n) is 14.9. The van der Waals surface area contributed by atoms with Gasteiger partial charge in [0.15, 0.2) is 5.78 Å². The largest absolute Gasteiger partial charge is 0.383 e. The Labute approximate surface area is 143 Å². The highest BCUT2D eigenvalue weighted by molar-refractivity contribution is 5.89. The van der Waals surface area contributed by atoms with E-state index < -0.39 is 11.1 Å². The fourth-order valence-corrected chi connectivity index (χ4v) is 3.12. The second-order valence-electron chi connectivity index (χ2n) is 7.81. The molecule has 1 aromatic heterocycles. The lowest BCUT2D eigenvalue weighted by molar-refractivity contribution is -0.128. The standard InChI is InChI=1S/C18H28N2O4/c1-17(2,20(3)12-13-4-8-23-9-5-13)16(21)11-14-10-15(19-24-14)18(22)6-7-18/h10,13,22H,4-9,11-12H2,1-3H3. The summed E-state index contributed by atoms with van der Waals surface area (Å²) in [4.78, 5) is 14.9. The minimum absolute atomic E-state index is 0.0996. The maximum Gasteiger partial charge on any atom is 0.160 e. The zero-order valence-corrected chi connectivity index (χ0v) is 14.9. The van der Waals surface area contributed by atoms with Crippen LogP contribution >= 0.6 is 0 Å². The summed E-state index contributed by atoms with van der Waals surface area (Å²) in [5, 5.41) is 14.0. The van der Waals surface area contributed by atoms with Gasteiger partial charge in [0, 0.05) is 25.8 Å². The molecule has 0 bridgehead atoms. The molecule has 1 aromatic rings. The lowest BCUT2D eigenvalue weighted by Gasteiger charge is -2.37. The number of ether oxygens (including phenoxy) is 1. The highest BCUT2D eigenvalue weighted by atomic mass is 16.5. The van der Waals surface area contributed by atoms with Gasteiger partial charge in [-0.1, -0.05) is 5.16 Å². The molecular formula is C18H28N2O4. The summed E-state index contributed by atoms with van der Waals surface area (Å²) >= 11 is 0. The average molecular weight is 336 g/mol. The lowest BCUT2D eigenvalue weighted by atomic mass is 9.91. The molecule has 2 aliphatic rings. The van der Waals surface area contributed by atoms with Crippen LogP contribution in [0, 0.1) is 5.92 Å². The quantitative estimate of drug-likeness (QED) is 0.820. The van der Waals surface area contributed by atoms with E-state index in [2.05, 4.69) is 10.1 Å². The number of rotatable bonds is 7. The second-order valence-corrected chi connectivity index (χ2v) is 7.81. The predicted octanol–water partition coefficient (Wildman–Crippen LogP) is 1.90. The average Bonchev–Trinajstić information content (AvgIpc) is 3.12. The summed E-state index contributed by atoms with van der Waals surface area (Å²) in [5.74, 6) is 1.21. The first-order chi connectivity index (χ1) is 11.3. The van der Waals surface area contributed by atoms with Crippen molar-refractivity contribution in [1.29, 1.82) is 0 Å². The molecule has 0 aromatic carbocycles. The lowest BCUT2D eigenvalue weighted by Crippen LogP contribution is -2.50. The van der Waals surface area contributed by atoms with Crippen molar-refractivity contribution < 1.29 is 19.2 Å². The van der Waals surface area contributed by atoms with E-state index in [9.17, 15) is 9.90 Å². The van der Waals surface area contributed by atoms with Gasteiger partial charge in [0.1, 0.15) is 17.1 Å². The molecule has 1 aliphatic carbocycles. The van der Waals surface area contributed by atoms with E-state index in [1.807, 2.05) is 20.9 Å². The predicted molar refractivity (Wildman–Crippen MR) is 88.6 cm³/mol. The van der Waals surface area contributed by atoms with Crippen molar-refractivity contribution in [1.82, 2.24) is 10.1 Å². The van der Waals surface area contributed by atoms with Gasteiger partial charge < -0.3 is 14.4 Å². The summed E-state index contributed by atoms with van der Waals surface area (Å²) in [6.07, 6.45) is 3.74. The van der Waals surface area contributed by atoms with Gasteiger partial charge >= 0.3 is 0 Å². The molecule has 0 spiro atoms. The maximum absolute atomic E-state index is 12.8. The molecular weight excluding hydrogens is 308 g/mol. The number of aromatic nitrogens is 1. The first-order valence-corrected chi connectivity index (χ1v) is 8.82. The van der Waals surface area contributed by atoms with Crippen LogP contribution < -0.4 is 0 Å². The SMILES string of the molecule is CN(CC1CCOCC1)C(C)(C)C(=O)Cc1cc(C2(O)CC2)no1. The molecule has 0 atom stereocenters. The van der Waals surface area contributed by atoms with Crippen molar-refractivity contribution in [2.45, 2.75) is 57.1 Å². The van der Waals surface area contributed by atoms with Gasteiger partial charge in [-0.2, -0.15) is 0 Å². The fraction of sp³-hybridized carbons (Fsp3) is 0.778. The molecule has 1 saturated carbocycles. The second kappa shape index (κ2) is 6.58. The Kier molecular flexibility index (Phi) is 4.82. The molecule has 0 radical (unpaired) electrons. The van der Waals surface area contributed by atoms with E-state index in [4.69, 9.17) is 9.26 Å². The number of likely N-dealkylation sites (N-methyl/N-ethyl adjacent to an activating group) is 1. The molecule has 1 N–H and O–H groups in total. The Bertz CT molecular complexity index is 586. The van der Waals surface area contributed by atoms with Crippen LogP contribution in [-0.2, 0) is 21.6 Å². The van der Waals surface area contributed by atoms with E-state index in [0.717, 1.165) is 32.6 Å². The number of ketones is 1. The fourth-order valence-electron chi connectivity index (χ4n) is 3.12. The van der Waals surface area contributed by atoms with Crippen LogP contribution in [0.5, 0.6) is 0 Å². The molecule has 6 heteroatoms. The molecule has 1 aliphatic heterocycles. The Morgan fingerprint density at radius 1 is 1.42 bits per heavy atom. The summed E-state index contributed by atoms with van der Waals surface area (Å²) in [6, 6.07) is 1.72. The van der Waals surface area contributed by atoms with Crippen LogP contribution in [0.2, 0.25) is 0 Å². The van der Waals surface area contributed by atoms with Gasteiger partial charge in [0.2, 0.25) is 0 Å². The minimum atomic E-state index is -0.819. The van der Waals surface area contributed by atoms with Gasteiger partial charge in [-0.3, -0.25) is 9.69 Å². The number of nitrogens with zero attached hydrogens (tertiary/aromatic N) is 2. The molecule has 24 heavy (non-hydrogen) atoms. The molecule has 2 heterocycles. The van der Waals surface area contributed by atoms with Gasteiger partial charge in [-0.05, 0) is 52.5 Å². The third kappa shape index (κ3) is 3.71. The molecule has 6 nitrogen and oxygen atoms in total.